The van der Waals surface area contributed by atoms with Crippen molar-refractivity contribution in [2.75, 3.05) is 13.1 Å². The first-order valence-corrected chi connectivity index (χ1v) is 6.61. The van der Waals surface area contributed by atoms with Gasteiger partial charge in [0, 0.05) is 30.8 Å². The van der Waals surface area contributed by atoms with Crippen LogP contribution >= 0.6 is 0 Å². The van der Waals surface area contributed by atoms with Gasteiger partial charge in [0.15, 0.2) is 0 Å². The third-order valence-corrected chi connectivity index (χ3v) is 3.83. The number of carboxylic acids is 1. The molecule has 2 rings (SSSR count). The molecule has 0 aromatic heterocycles. The first-order valence-electron chi connectivity index (χ1n) is 6.61. The number of carbonyl (C=O) groups excluding carboxylic acids is 1. The zero-order valence-corrected chi connectivity index (χ0v) is 11.6. The zero-order chi connectivity index (χ0) is 15.6. The number of nitro groups is 1. The van der Waals surface area contributed by atoms with E-state index in [2.05, 4.69) is 0 Å². The molecule has 21 heavy (non-hydrogen) atoms. The molecule has 0 radical (unpaired) electrons. The number of aliphatic carboxylic acids is 1. The van der Waals surface area contributed by atoms with Crippen LogP contribution in [-0.4, -0.2) is 39.9 Å². The maximum atomic E-state index is 12.4. The van der Waals surface area contributed by atoms with Crippen LogP contribution in [0.3, 0.4) is 0 Å². The summed E-state index contributed by atoms with van der Waals surface area (Å²) in [6, 6.07) is 5.33. The van der Waals surface area contributed by atoms with Crippen molar-refractivity contribution in [2.45, 2.75) is 19.8 Å². The summed E-state index contributed by atoms with van der Waals surface area (Å²) in [6.07, 6.45) is 1.16. The van der Waals surface area contributed by atoms with Gasteiger partial charge in [-0.15, -0.1) is 0 Å². The van der Waals surface area contributed by atoms with Crippen LogP contribution in [-0.2, 0) is 4.79 Å². The molecule has 112 valence electrons. The van der Waals surface area contributed by atoms with E-state index in [1.807, 2.05) is 0 Å². The molecule has 1 aliphatic heterocycles. The summed E-state index contributed by atoms with van der Waals surface area (Å²) < 4.78 is 0. The number of non-ortho nitro benzene ring substituents is 1. The van der Waals surface area contributed by atoms with Crippen LogP contribution in [0.15, 0.2) is 24.3 Å². The molecule has 0 aliphatic carbocycles. The Kier molecular flexibility index (Phi) is 3.93. The fourth-order valence-corrected chi connectivity index (χ4v) is 2.50. The molecule has 0 saturated carbocycles. The van der Waals surface area contributed by atoms with Crippen molar-refractivity contribution in [1.29, 1.82) is 0 Å². The quantitative estimate of drug-likeness (QED) is 0.677. The monoisotopic (exact) mass is 292 g/mol. The number of nitro benzene ring substituents is 1. The normalized spacial score (nSPS) is 21.9. The Morgan fingerprint density at radius 1 is 1.33 bits per heavy atom. The van der Waals surface area contributed by atoms with E-state index < -0.39 is 16.3 Å². The minimum atomic E-state index is -0.936. The van der Waals surface area contributed by atoms with Gasteiger partial charge in [0.25, 0.3) is 11.6 Å². The standard InChI is InChI=1S/C14H16N2O5/c1-14(13(18)19)7-2-8-15(9-14)12(17)10-3-5-11(6-4-10)16(20)21/h3-6H,2,7-9H2,1H3,(H,18,19). The smallest absolute Gasteiger partial charge is 0.311 e. The highest BCUT2D eigenvalue weighted by atomic mass is 16.6. The number of amides is 1. The average Bonchev–Trinajstić information content (AvgIpc) is 2.46. The largest absolute Gasteiger partial charge is 0.481 e. The number of nitrogens with zero attached hydrogens (tertiary/aromatic N) is 2. The fourth-order valence-electron chi connectivity index (χ4n) is 2.50. The molecule has 1 saturated heterocycles. The van der Waals surface area contributed by atoms with E-state index in [9.17, 15) is 24.8 Å². The summed E-state index contributed by atoms with van der Waals surface area (Å²) in [4.78, 5) is 35.2. The highest BCUT2D eigenvalue weighted by Gasteiger charge is 2.39. The first-order chi connectivity index (χ1) is 9.83. The lowest BCUT2D eigenvalue weighted by atomic mass is 9.82. The molecule has 1 aromatic rings. The highest BCUT2D eigenvalue weighted by Crippen LogP contribution is 2.30. The van der Waals surface area contributed by atoms with Crippen LogP contribution in [0.2, 0.25) is 0 Å². The molecule has 7 nitrogen and oxygen atoms in total. The molecule has 1 atom stereocenters. The lowest BCUT2D eigenvalue weighted by molar-refractivity contribution is -0.384. The first kappa shape index (κ1) is 15.0. The van der Waals surface area contributed by atoms with Gasteiger partial charge in [-0.05, 0) is 31.9 Å². The van der Waals surface area contributed by atoms with Crippen LogP contribution in [0.1, 0.15) is 30.1 Å². The van der Waals surface area contributed by atoms with Gasteiger partial charge in [0.1, 0.15) is 0 Å². The number of benzene rings is 1. The van der Waals surface area contributed by atoms with E-state index in [1.54, 1.807) is 6.92 Å². The maximum absolute atomic E-state index is 12.4. The summed E-state index contributed by atoms with van der Waals surface area (Å²) in [5, 5.41) is 19.8. The van der Waals surface area contributed by atoms with E-state index in [1.165, 1.54) is 29.2 Å². The van der Waals surface area contributed by atoms with Crippen molar-refractivity contribution in [1.82, 2.24) is 4.90 Å². The van der Waals surface area contributed by atoms with E-state index in [0.29, 0.717) is 24.9 Å². The van der Waals surface area contributed by atoms with Gasteiger partial charge in [-0.1, -0.05) is 0 Å². The van der Waals surface area contributed by atoms with E-state index >= 15 is 0 Å². The summed E-state index contributed by atoms with van der Waals surface area (Å²) in [7, 11) is 0. The number of carbonyl (C=O) groups is 2. The Balaban J connectivity index is 2.16. The van der Waals surface area contributed by atoms with Crippen molar-refractivity contribution in [3.63, 3.8) is 0 Å². The van der Waals surface area contributed by atoms with Gasteiger partial charge in [0.05, 0.1) is 10.3 Å². The second-order valence-electron chi connectivity index (χ2n) is 5.50. The number of likely N-dealkylation sites (tertiary alicyclic amines) is 1. The molecule has 1 aliphatic rings. The van der Waals surface area contributed by atoms with E-state index in [-0.39, 0.29) is 18.1 Å². The number of piperidine rings is 1. The number of hydrogen-bond acceptors (Lipinski definition) is 4. The average molecular weight is 292 g/mol. The summed E-state index contributed by atoms with van der Waals surface area (Å²) in [6.45, 7) is 2.28. The Labute approximate surface area is 121 Å². The topological polar surface area (TPSA) is 101 Å². The molecule has 1 amide bonds. The minimum Gasteiger partial charge on any atom is -0.481 e. The molecule has 1 aromatic carbocycles. The van der Waals surface area contributed by atoms with Crippen LogP contribution in [0.25, 0.3) is 0 Å². The highest BCUT2D eigenvalue weighted by molar-refractivity contribution is 5.95. The number of carboxylic acid groups (broad SMARTS) is 1. The predicted octanol–water partition coefficient (Wildman–Crippen LogP) is 1.92. The van der Waals surface area contributed by atoms with Crippen LogP contribution in [0, 0.1) is 15.5 Å². The summed E-state index contributed by atoms with van der Waals surface area (Å²) in [5.74, 6) is -1.21. The lowest BCUT2D eigenvalue weighted by Crippen LogP contribution is -2.48. The Morgan fingerprint density at radius 3 is 2.48 bits per heavy atom. The lowest BCUT2D eigenvalue weighted by Gasteiger charge is -2.37. The second kappa shape index (κ2) is 5.51. The molecular formula is C14H16N2O5. The molecule has 7 heteroatoms. The Morgan fingerprint density at radius 2 is 1.95 bits per heavy atom. The maximum Gasteiger partial charge on any atom is 0.311 e. The Bertz CT molecular complexity index is 584. The minimum absolute atomic E-state index is 0.0828. The third kappa shape index (κ3) is 3.01. The predicted molar refractivity (Wildman–Crippen MR) is 74.0 cm³/mol. The fraction of sp³-hybridized carbons (Fsp3) is 0.429. The van der Waals surface area contributed by atoms with Gasteiger partial charge in [-0.3, -0.25) is 19.7 Å². The molecule has 1 unspecified atom stereocenters. The van der Waals surface area contributed by atoms with Crippen molar-refractivity contribution in [3.05, 3.63) is 39.9 Å². The SMILES string of the molecule is CC1(C(=O)O)CCCN(C(=O)c2ccc([N+](=O)[O-])cc2)C1. The van der Waals surface area contributed by atoms with Crippen LogP contribution in [0.4, 0.5) is 5.69 Å². The number of hydrogen-bond donors (Lipinski definition) is 1. The molecule has 0 bridgehead atoms. The molecule has 1 fully saturated rings. The van der Waals surface area contributed by atoms with E-state index in [0.717, 1.165) is 0 Å². The summed E-state index contributed by atoms with van der Waals surface area (Å²) in [5.41, 5.74) is -0.690. The summed E-state index contributed by atoms with van der Waals surface area (Å²) >= 11 is 0. The van der Waals surface area contributed by atoms with Crippen molar-refractivity contribution in [2.24, 2.45) is 5.41 Å². The Hall–Kier alpha value is -2.44. The van der Waals surface area contributed by atoms with Crippen LogP contribution in [0.5, 0.6) is 0 Å². The molecule has 0 spiro atoms. The van der Waals surface area contributed by atoms with Gasteiger partial charge >= 0.3 is 5.97 Å². The van der Waals surface area contributed by atoms with Gasteiger partial charge in [0.2, 0.25) is 0 Å². The van der Waals surface area contributed by atoms with Gasteiger partial charge in [-0.2, -0.15) is 0 Å². The zero-order valence-electron chi connectivity index (χ0n) is 11.6. The van der Waals surface area contributed by atoms with Gasteiger partial charge < -0.3 is 10.0 Å². The molecular weight excluding hydrogens is 276 g/mol. The third-order valence-electron chi connectivity index (χ3n) is 3.83. The van der Waals surface area contributed by atoms with Crippen LogP contribution < -0.4 is 0 Å². The molecule has 1 heterocycles. The number of rotatable bonds is 3. The van der Waals surface area contributed by atoms with Crippen molar-refractivity contribution in [3.8, 4) is 0 Å². The van der Waals surface area contributed by atoms with Crippen molar-refractivity contribution < 1.29 is 19.6 Å². The van der Waals surface area contributed by atoms with E-state index in [4.69, 9.17) is 0 Å². The second-order valence-corrected chi connectivity index (χ2v) is 5.50. The molecule has 1 N–H and O–H groups in total. The van der Waals surface area contributed by atoms with Crippen molar-refractivity contribution >= 4 is 17.6 Å². The van der Waals surface area contributed by atoms with Gasteiger partial charge in [-0.25, -0.2) is 0 Å².